The molecule has 0 spiro atoms. The molecule has 0 fully saturated rings. The summed E-state index contributed by atoms with van der Waals surface area (Å²) in [6, 6.07) is 7.65. The highest BCUT2D eigenvalue weighted by Crippen LogP contribution is 2.35. The van der Waals surface area contributed by atoms with Crippen LogP contribution >= 0.6 is 11.6 Å². The monoisotopic (exact) mass is 292 g/mol. The second-order valence-corrected chi connectivity index (χ2v) is 4.54. The van der Waals surface area contributed by atoms with Crippen LogP contribution in [0.2, 0.25) is 5.15 Å². The lowest BCUT2D eigenvalue weighted by Crippen LogP contribution is -2.19. The maximum Gasteiger partial charge on any atom is 0.348 e. The molecule has 7 heteroatoms. The Morgan fingerprint density at radius 3 is 2.75 bits per heavy atom. The molecule has 0 atom stereocenters. The molecule has 0 N–H and O–H groups in total. The zero-order chi connectivity index (χ0) is 14.7. The van der Waals surface area contributed by atoms with Crippen molar-refractivity contribution in [3.8, 4) is 0 Å². The van der Waals surface area contributed by atoms with Crippen molar-refractivity contribution in [3.05, 3.63) is 51.4 Å². The van der Waals surface area contributed by atoms with Crippen LogP contribution in [0.1, 0.15) is 12.5 Å². The summed E-state index contributed by atoms with van der Waals surface area (Å²) in [5, 5.41) is 11.0. The predicted octanol–water partition coefficient (Wildman–Crippen LogP) is 3.50. The van der Waals surface area contributed by atoms with Crippen molar-refractivity contribution in [1.82, 2.24) is 9.97 Å². The SMILES string of the molecule is CCN(c1cccc(C)c1)c1ncnc(Cl)c1[N+](=O)[O-]. The standard InChI is InChI=1S/C13H13ClN4O2/c1-3-17(10-6-4-5-9(2)7-10)13-11(18(19)20)12(14)15-8-16-13/h4-8H,3H2,1-2H3. The van der Waals surface area contributed by atoms with E-state index in [0.29, 0.717) is 6.54 Å². The second-order valence-electron chi connectivity index (χ2n) is 4.18. The van der Waals surface area contributed by atoms with Gasteiger partial charge < -0.3 is 4.90 Å². The van der Waals surface area contributed by atoms with Crippen LogP contribution in [0.25, 0.3) is 0 Å². The third-order valence-corrected chi connectivity index (χ3v) is 3.10. The van der Waals surface area contributed by atoms with E-state index in [4.69, 9.17) is 11.6 Å². The number of hydrogen-bond donors (Lipinski definition) is 0. The Hall–Kier alpha value is -2.21. The van der Waals surface area contributed by atoms with Crippen molar-refractivity contribution in [2.75, 3.05) is 11.4 Å². The van der Waals surface area contributed by atoms with Crippen molar-refractivity contribution in [2.45, 2.75) is 13.8 Å². The fourth-order valence-electron chi connectivity index (χ4n) is 1.95. The Morgan fingerprint density at radius 1 is 1.40 bits per heavy atom. The van der Waals surface area contributed by atoms with E-state index < -0.39 is 4.92 Å². The number of rotatable bonds is 4. The Balaban J connectivity index is 2.58. The first-order chi connectivity index (χ1) is 9.54. The lowest BCUT2D eigenvalue weighted by molar-refractivity contribution is -0.384. The van der Waals surface area contributed by atoms with Crippen molar-refractivity contribution >= 4 is 28.8 Å². The van der Waals surface area contributed by atoms with E-state index in [0.717, 1.165) is 11.3 Å². The molecule has 2 aromatic rings. The highest BCUT2D eigenvalue weighted by molar-refractivity contribution is 6.31. The number of nitrogens with zero attached hydrogens (tertiary/aromatic N) is 4. The van der Waals surface area contributed by atoms with Crippen LogP contribution in [0.15, 0.2) is 30.6 Å². The number of hydrogen-bond acceptors (Lipinski definition) is 5. The van der Waals surface area contributed by atoms with Gasteiger partial charge >= 0.3 is 5.69 Å². The van der Waals surface area contributed by atoms with Gasteiger partial charge in [0.2, 0.25) is 11.0 Å². The molecule has 1 heterocycles. The molecule has 0 amide bonds. The molecule has 104 valence electrons. The smallest absolute Gasteiger partial charge is 0.321 e. The molecular weight excluding hydrogens is 280 g/mol. The van der Waals surface area contributed by atoms with Gasteiger partial charge in [0, 0.05) is 12.2 Å². The van der Waals surface area contributed by atoms with Gasteiger partial charge in [-0.2, -0.15) is 0 Å². The molecule has 0 radical (unpaired) electrons. The van der Waals surface area contributed by atoms with Gasteiger partial charge in [0.25, 0.3) is 0 Å². The van der Waals surface area contributed by atoms with E-state index in [9.17, 15) is 10.1 Å². The molecule has 0 unspecified atom stereocenters. The van der Waals surface area contributed by atoms with Crippen molar-refractivity contribution in [3.63, 3.8) is 0 Å². The van der Waals surface area contributed by atoms with Crippen LogP contribution < -0.4 is 4.90 Å². The van der Waals surface area contributed by atoms with Crippen molar-refractivity contribution < 1.29 is 4.92 Å². The normalized spacial score (nSPS) is 10.3. The Labute approximate surface area is 121 Å². The molecule has 1 aromatic heterocycles. The van der Waals surface area contributed by atoms with Crippen LogP contribution in [-0.2, 0) is 0 Å². The van der Waals surface area contributed by atoms with Gasteiger partial charge in [-0.3, -0.25) is 10.1 Å². The topological polar surface area (TPSA) is 72.2 Å². The summed E-state index contributed by atoms with van der Waals surface area (Å²) in [5.41, 5.74) is 1.60. The van der Waals surface area contributed by atoms with Gasteiger partial charge in [0.05, 0.1) is 4.92 Å². The molecule has 6 nitrogen and oxygen atoms in total. The molecule has 0 aliphatic carbocycles. The van der Waals surface area contributed by atoms with Gasteiger partial charge in [-0.1, -0.05) is 23.7 Å². The molecule has 0 saturated heterocycles. The van der Waals surface area contributed by atoms with Gasteiger partial charge in [-0.25, -0.2) is 9.97 Å². The van der Waals surface area contributed by atoms with Crippen LogP contribution in [0, 0.1) is 17.0 Å². The Kier molecular flexibility index (Phi) is 4.14. The first-order valence-electron chi connectivity index (χ1n) is 6.03. The molecule has 0 bridgehead atoms. The van der Waals surface area contributed by atoms with Gasteiger partial charge in [0.1, 0.15) is 6.33 Å². The molecule has 2 rings (SSSR count). The summed E-state index contributed by atoms with van der Waals surface area (Å²) in [6.07, 6.45) is 1.23. The molecule has 1 aromatic carbocycles. The lowest BCUT2D eigenvalue weighted by atomic mass is 10.2. The number of benzene rings is 1. The van der Waals surface area contributed by atoms with E-state index >= 15 is 0 Å². The predicted molar refractivity (Wildman–Crippen MR) is 77.6 cm³/mol. The van der Waals surface area contributed by atoms with Crippen LogP contribution in [0.4, 0.5) is 17.2 Å². The van der Waals surface area contributed by atoms with E-state index in [1.54, 1.807) is 4.90 Å². The lowest BCUT2D eigenvalue weighted by Gasteiger charge is -2.22. The van der Waals surface area contributed by atoms with Crippen LogP contribution in [0.3, 0.4) is 0 Å². The van der Waals surface area contributed by atoms with Crippen LogP contribution in [-0.4, -0.2) is 21.4 Å². The number of halogens is 1. The summed E-state index contributed by atoms with van der Waals surface area (Å²) in [5.74, 6) is 0.197. The first-order valence-corrected chi connectivity index (χ1v) is 6.41. The Morgan fingerprint density at radius 2 is 2.15 bits per heavy atom. The minimum Gasteiger partial charge on any atom is -0.321 e. The fourth-order valence-corrected chi connectivity index (χ4v) is 2.15. The average Bonchev–Trinajstić information content (AvgIpc) is 2.39. The quantitative estimate of drug-likeness (QED) is 0.490. The van der Waals surface area contributed by atoms with Gasteiger partial charge in [0.15, 0.2) is 0 Å². The highest BCUT2D eigenvalue weighted by atomic mass is 35.5. The highest BCUT2D eigenvalue weighted by Gasteiger charge is 2.26. The summed E-state index contributed by atoms with van der Waals surface area (Å²) >= 11 is 5.82. The summed E-state index contributed by atoms with van der Waals surface area (Å²) in [6.45, 7) is 4.37. The van der Waals surface area contributed by atoms with E-state index in [-0.39, 0.29) is 16.7 Å². The average molecular weight is 293 g/mol. The zero-order valence-electron chi connectivity index (χ0n) is 11.1. The van der Waals surface area contributed by atoms with Crippen molar-refractivity contribution in [2.24, 2.45) is 0 Å². The summed E-state index contributed by atoms with van der Waals surface area (Å²) in [4.78, 5) is 20.1. The summed E-state index contributed by atoms with van der Waals surface area (Å²) < 4.78 is 0. The number of anilines is 2. The van der Waals surface area contributed by atoms with E-state index in [1.807, 2.05) is 38.1 Å². The minimum atomic E-state index is -0.559. The Bertz CT molecular complexity index is 648. The third-order valence-electron chi connectivity index (χ3n) is 2.83. The maximum absolute atomic E-state index is 11.2. The zero-order valence-corrected chi connectivity index (χ0v) is 11.8. The molecular formula is C13H13ClN4O2. The van der Waals surface area contributed by atoms with Crippen molar-refractivity contribution in [1.29, 1.82) is 0 Å². The van der Waals surface area contributed by atoms with Gasteiger partial charge in [-0.05, 0) is 31.5 Å². The number of nitro groups is 1. The largest absolute Gasteiger partial charge is 0.348 e. The van der Waals surface area contributed by atoms with Crippen LogP contribution in [0.5, 0.6) is 0 Å². The summed E-state index contributed by atoms with van der Waals surface area (Å²) in [7, 11) is 0. The molecule has 0 saturated carbocycles. The number of aromatic nitrogens is 2. The molecule has 20 heavy (non-hydrogen) atoms. The number of aryl methyl sites for hydroxylation is 1. The first kappa shape index (κ1) is 14.2. The van der Waals surface area contributed by atoms with E-state index in [1.165, 1.54) is 6.33 Å². The molecule has 0 aliphatic rings. The minimum absolute atomic E-state index is 0.161. The maximum atomic E-state index is 11.2. The van der Waals surface area contributed by atoms with Gasteiger partial charge in [-0.15, -0.1) is 0 Å². The molecule has 0 aliphatic heterocycles. The third kappa shape index (κ3) is 2.70. The van der Waals surface area contributed by atoms with E-state index in [2.05, 4.69) is 9.97 Å². The fraction of sp³-hybridized carbons (Fsp3) is 0.231. The second kappa shape index (κ2) is 5.83.